The van der Waals surface area contributed by atoms with E-state index in [0.29, 0.717) is 12.8 Å². The molecule has 2 unspecified atom stereocenters. The summed E-state index contributed by atoms with van der Waals surface area (Å²) in [6.45, 7) is 3.58. The summed E-state index contributed by atoms with van der Waals surface area (Å²) < 4.78 is 32.1. The monoisotopic (exact) mass is 767 g/mol. The van der Waals surface area contributed by atoms with Crippen molar-refractivity contribution >= 4 is 19.8 Å². The highest BCUT2D eigenvalue weighted by molar-refractivity contribution is 7.46. The number of hydrogen-bond acceptors (Lipinski definition) is 7. The summed E-state index contributed by atoms with van der Waals surface area (Å²) in [5.74, 6) is -0.966. The Balaban J connectivity index is 2.12. The lowest BCUT2D eigenvalue weighted by atomic mass is 10.1. The highest BCUT2D eigenvalue weighted by atomic mass is 31.2. The minimum Gasteiger partial charge on any atom is -0.462 e. The Morgan fingerprint density at radius 2 is 1.09 bits per heavy atom. The second-order valence-corrected chi connectivity index (χ2v) is 15.6. The maximum absolute atomic E-state index is 12.4. The van der Waals surface area contributed by atoms with E-state index in [-0.39, 0.29) is 31.7 Å². The number of allylic oxidation sites excluding steroid dienone is 7. The Hall–Kier alpha value is -2.03. The summed E-state index contributed by atoms with van der Waals surface area (Å²) >= 11 is 0. The molecule has 0 aromatic rings. The normalized spacial score (nSPS) is 16.8. The number of phosphoric acid groups is 1. The van der Waals surface area contributed by atoms with Crippen molar-refractivity contribution in [2.24, 2.45) is 0 Å². The molecule has 306 valence electrons. The van der Waals surface area contributed by atoms with E-state index < -0.39 is 32.5 Å². The molecule has 0 aliphatic carbocycles. The second kappa shape index (κ2) is 34.5. The van der Waals surface area contributed by atoms with Gasteiger partial charge in [-0.15, -0.1) is 0 Å². The van der Waals surface area contributed by atoms with Crippen molar-refractivity contribution in [1.29, 1.82) is 0 Å². The third-order valence-electron chi connectivity index (χ3n) is 9.24. The fourth-order valence-corrected chi connectivity index (χ4v) is 6.34. The molecule has 0 radical (unpaired) electrons. The lowest BCUT2D eigenvalue weighted by molar-refractivity contribution is -0.161. The molecule has 1 aliphatic rings. The van der Waals surface area contributed by atoms with Crippen LogP contribution in [0.2, 0.25) is 0 Å². The number of phosphoric ester groups is 1. The van der Waals surface area contributed by atoms with E-state index >= 15 is 0 Å². The quantitative estimate of drug-likeness (QED) is 0.0208. The number of esters is 2. The molecule has 1 heterocycles. The first-order chi connectivity index (χ1) is 25.7. The van der Waals surface area contributed by atoms with Crippen LogP contribution in [0.25, 0.3) is 0 Å². The first-order valence-electron chi connectivity index (χ1n) is 21.1. The molecule has 0 bridgehead atoms. The fourth-order valence-electron chi connectivity index (χ4n) is 5.98. The van der Waals surface area contributed by atoms with Gasteiger partial charge in [-0.25, -0.2) is 4.57 Å². The molecule has 0 saturated carbocycles. The average Bonchev–Trinajstić information content (AvgIpc) is 3.88. The minimum absolute atomic E-state index is 0.137. The lowest BCUT2D eigenvalue weighted by Crippen LogP contribution is -2.29. The molecule has 0 aromatic heterocycles. The van der Waals surface area contributed by atoms with Crippen molar-refractivity contribution in [2.75, 3.05) is 13.2 Å². The summed E-state index contributed by atoms with van der Waals surface area (Å²) in [5, 5.41) is 0. The van der Waals surface area contributed by atoms with E-state index in [1.807, 2.05) is 0 Å². The molecule has 2 N–H and O–H groups in total. The first kappa shape index (κ1) is 49.0. The van der Waals surface area contributed by atoms with Gasteiger partial charge >= 0.3 is 19.8 Å². The molecule has 9 nitrogen and oxygen atoms in total. The van der Waals surface area contributed by atoms with Crippen molar-refractivity contribution in [3.63, 3.8) is 0 Å². The van der Waals surface area contributed by atoms with Crippen molar-refractivity contribution in [1.82, 2.24) is 0 Å². The second-order valence-electron chi connectivity index (χ2n) is 14.3. The number of unbranched alkanes of at least 4 members (excludes halogenated alkanes) is 16. The van der Waals surface area contributed by atoms with Crippen molar-refractivity contribution in [2.45, 2.75) is 199 Å². The lowest BCUT2D eigenvalue weighted by Gasteiger charge is -2.18. The average molecular weight is 767 g/mol. The van der Waals surface area contributed by atoms with Gasteiger partial charge in [0.05, 0.1) is 18.8 Å². The van der Waals surface area contributed by atoms with Crippen LogP contribution >= 0.6 is 7.82 Å². The molecule has 0 amide bonds. The Kier molecular flexibility index (Phi) is 31.9. The van der Waals surface area contributed by atoms with Crippen LogP contribution in [0.5, 0.6) is 0 Å². The number of carbonyl (C=O) groups is 2. The smallest absolute Gasteiger partial charge is 0.462 e. The zero-order chi connectivity index (χ0) is 38.7. The van der Waals surface area contributed by atoms with Gasteiger partial charge in [0.25, 0.3) is 0 Å². The standard InChI is InChI=1S/C43H75O9P/c1-3-5-7-9-11-13-15-17-18-19-20-21-23-25-27-29-31-35-43(45)51-39(38-50-53(46,47)48)37-49-42(44)36-32-34-41-40(52-41)33-30-28-26-24-22-16-14-12-10-8-6-4-2/h12,14,17-18,22,24,28,30,39-41H,3-11,13,15-16,19-21,23,25-27,29,31-38H2,1-2H3,(H2,46,47,48)/b14-12-,18-17-,24-22-,30-28-/t39-,40?,41?/m1/s1. The van der Waals surface area contributed by atoms with E-state index in [1.165, 1.54) is 89.9 Å². The Morgan fingerprint density at radius 3 is 1.72 bits per heavy atom. The zero-order valence-electron chi connectivity index (χ0n) is 33.3. The van der Waals surface area contributed by atoms with Gasteiger partial charge in [0, 0.05) is 12.8 Å². The molecule has 0 aromatic carbocycles. The van der Waals surface area contributed by atoms with E-state index in [2.05, 4.69) is 67.0 Å². The summed E-state index contributed by atoms with van der Waals surface area (Å²) in [6.07, 6.45) is 44.2. The summed E-state index contributed by atoms with van der Waals surface area (Å²) in [7, 11) is -4.78. The van der Waals surface area contributed by atoms with Crippen molar-refractivity contribution in [3.8, 4) is 0 Å². The number of rotatable bonds is 37. The molecule has 1 fully saturated rings. The van der Waals surface area contributed by atoms with Crippen LogP contribution in [-0.4, -0.2) is 53.3 Å². The van der Waals surface area contributed by atoms with E-state index in [9.17, 15) is 14.2 Å². The Labute approximate surface area is 322 Å². The summed E-state index contributed by atoms with van der Waals surface area (Å²) in [6, 6.07) is 0. The van der Waals surface area contributed by atoms with E-state index in [4.69, 9.17) is 24.0 Å². The molecule has 1 aliphatic heterocycles. The van der Waals surface area contributed by atoms with Crippen LogP contribution in [0.3, 0.4) is 0 Å². The van der Waals surface area contributed by atoms with Gasteiger partial charge in [0.1, 0.15) is 6.61 Å². The Morgan fingerprint density at radius 1 is 0.604 bits per heavy atom. The largest absolute Gasteiger partial charge is 0.469 e. The van der Waals surface area contributed by atoms with Crippen LogP contribution in [-0.2, 0) is 32.9 Å². The van der Waals surface area contributed by atoms with Crippen molar-refractivity contribution in [3.05, 3.63) is 48.6 Å². The number of carbonyl (C=O) groups excluding carboxylic acids is 2. The topological polar surface area (TPSA) is 132 Å². The highest BCUT2D eigenvalue weighted by Crippen LogP contribution is 2.36. The fraction of sp³-hybridized carbons (Fsp3) is 0.767. The number of ether oxygens (including phenoxy) is 3. The van der Waals surface area contributed by atoms with Crippen molar-refractivity contribution < 1.29 is 42.7 Å². The summed E-state index contributed by atoms with van der Waals surface area (Å²) in [5.41, 5.74) is 0. The maximum Gasteiger partial charge on any atom is 0.469 e. The third-order valence-corrected chi connectivity index (χ3v) is 9.73. The van der Waals surface area contributed by atoms with Gasteiger partial charge in [-0.2, -0.15) is 0 Å². The van der Waals surface area contributed by atoms with Gasteiger partial charge in [0.15, 0.2) is 6.10 Å². The minimum atomic E-state index is -4.78. The van der Waals surface area contributed by atoms with Crippen LogP contribution in [0.1, 0.15) is 181 Å². The molecule has 1 saturated heterocycles. The van der Waals surface area contributed by atoms with E-state index in [0.717, 1.165) is 51.4 Å². The number of epoxide rings is 1. The van der Waals surface area contributed by atoms with Crippen LogP contribution in [0, 0.1) is 0 Å². The third kappa shape index (κ3) is 34.2. The van der Waals surface area contributed by atoms with Gasteiger partial charge in [-0.1, -0.05) is 140 Å². The van der Waals surface area contributed by atoms with Crippen LogP contribution in [0.15, 0.2) is 48.6 Å². The molecule has 0 spiro atoms. The van der Waals surface area contributed by atoms with Crippen LogP contribution in [0.4, 0.5) is 0 Å². The molecule has 53 heavy (non-hydrogen) atoms. The Bertz CT molecular complexity index is 1060. The maximum atomic E-state index is 12.4. The summed E-state index contributed by atoms with van der Waals surface area (Å²) in [4.78, 5) is 43.0. The predicted octanol–water partition coefficient (Wildman–Crippen LogP) is 11.7. The van der Waals surface area contributed by atoms with Crippen LogP contribution < -0.4 is 0 Å². The van der Waals surface area contributed by atoms with E-state index in [1.54, 1.807) is 0 Å². The van der Waals surface area contributed by atoms with Gasteiger partial charge in [-0.3, -0.25) is 14.1 Å². The highest BCUT2D eigenvalue weighted by Gasteiger charge is 2.36. The SMILES string of the molecule is CCCCC/C=C\C/C=C\C/C=C\CC1OC1CCCC(=O)OC[C@H](COP(=O)(O)O)OC(=O)CCCCCCCCC/C=C\CCCCCCCC. The molecular formula is C43H75O9P. The van der Waals surface area contributed by atoms with Gasteiger partial charge in [0.2, 0.25) is 0 Å². The first-order valence-corrected chi connectivity index (χ1v) is 22.6. The zero-order valence-corrected chi connectivity index (χ0v) is 34.2. The van der Waals surface area contributed by atoms with Gasteiger partial charge in [-0.05, 0) is 77.0 Å². The molecular weight excluding hydrogens is 691 g/mol. The molecule has 1 rings (SSSR count). The predicted molar refractivity (Wildman–Crippen MR) is 215 cm³/mol. The number of hydrogen-bond donors (Lipinski definition) is 2. The molecule has 10 heteroatoms. The van der Waals surface area contributed by atoms with Gasteiger partial charge < -0.3 is 24.0 Å². The molecule has 3 atom stereocenters.